The van der Waals surface area contributed by atoms with Gasteiger partial charge in [0.1, 0.15) is 23.8 Å². The zero-order valence-corrected chi connectivity index (χ0v) is 16.6. The van der Waals surface area contributed by atoms with Crippen molar-refractivity contribution in [3.8, 4) is 11.5 Å². The molecular formula is C18H20BrN3O5. The van der Waals surface area contributed by atoms with Crippen LogP contribution in [0.25, 0.3) is 0 Å². The zero-order valence-electron chi connectivity index (χ0n) is 15.0. The predicted molar refractivity (Wildman–Crippen MR) is 105 cm³/mol. The summed E-state index contributed by atoms with van der Waals surface area (Å²) in [7, 11) is 3.19. The molecule has 0 spiro atoms. The number of nitrogens with zero attached hydrogens (tertiary/aromatic N) is 2. The van der Waals surface area contributed by atoms with Crippen molar-refractivity contribution in [1.29, 1.82) is 0 Å². The molecule has 9 heteroatoms. The van der Waals surface area contributed by atoms with Crippen molar-refractivity contribution in [2.75, 3.05) is 39.2 Å². The molecule has 0 radical (unpaired) electrons. The van der Waals surface area contributed by atoms with Crippen molar-refractivity contribution in [2.24, 2.45) is 0 Å². The highest BCUT2D eigenvalue weighted by Gasteiger charge is 2.17. The second-order valence-electron chi connectivity index (χ2n) is 5.73. The van der Waals surface area contributed by atoms with Crippen LogP contribution in [0.2, 0.25) is 0 Å². The van der Waals surface area contributed by atoms with Crippen molar-refractivity contribution in [3.63, 3.8) is 0 Å². The number of ether oxygens (including phenoxy) is 2. The van der Waals surface area contributed by atoms with Gasteiger partial charge in [0.05, 0.1) is 24.6 Å². The summed E-state index contributed by atoms with van der Waals surface area (Å²) in [6.07, 6.45) is 0. The highest BCUT2D eigenvalue weighted by molar-refractivity contribution is 9.10. The van der Waals surface area contributed by atoms with Gasteiger partial charge in [0.2, 0.25) is 5.91 Å². The number of carbonyl (C=O) groups is 1. The number of nitrogens with one attached hydrogen (secondary N) is 1. The third kappa shape index (κ3) is 6.54. The molecule has 0 aliphatic heterocycles. The topological polar surface area (TPSA) is 93.9 Å². The van der Waals surface area contributed by atoms with Gasteiger partial charge in [-0.1, -0.05) is 15.9 Å². The molecule has 0 atom stereocenters. The number of methoxy groups -OCH3 is 1. The molecule has 0 aromatic heterocycles. The fourth-order valence-corrected chi connectivity index (χ4v) is 2.52. The Labute approximate surface area is 165 Å². The van der Waals surface area contributed by atoms with Crippen molar-refractivity contribution in [2.45, 2.75) is 0 Å². The molecule has 0 heterocycles. The van der Waals surface area contributed by atoms with Crippen LogP contribution in [0.3, 0.4) is 0 Å². The molecule has 8 nitrogen and oxygen atoms in total. The molecule has 0 unspecified atom stereocenters. The second kappa shape index (κ2) is 9.89. The van der Waals surface area contributed by atoms with E-state index in [2.05, 4.69) is 21.2 Å². The van der Waals surface area contributed by atoms with Gasteiger partial charge >= 0.3 is 0 Å². The first-order chi connectivity index (χ1) is 12.9. The number of anilines is 1. The van der Waals surface area contributed by atoms with E-state index >= 15 is 0 Å². The molecule has 27 heavy (non-hydrogen) atoms. The van der Waals surface area contributed by atoms with Gasteiger partial charge in [0.25, 0.3) is 5.69 Å². The Balaban J connectivity index is 1.84. The Morgan fingerprint density at radius 3 is 2.52 bits per heavy atom. The van der Waals surface area contributed by atoms with E-state index in [9.17, 15) is 14.9 Å². The maximum Gasteiger partial charge on any atom is 0.296 e. The molecule has 1 N–H and O–H groups in total. The van der Waals surface area contributed by atoms with Gasteiger partial charge in [0, 0.05) is 11.0 Å². The SMILES string of the molecule is COc1ccc(NC(=O)CN(C)CCOc2ccc(Br)cc2)c([N+](=O)[O-])c1. The first-order valence-corrected chi connectivity index (χ1v) is 8.87. The number of hydrogen-bond acceptors (Lipinski definition) is 6. The number of hydrogen-bond donors (Lipinski definition) is 1. The third-order valence-electron chi connectivity index (χ3n) is 3.64. The standard InChI is InChI=1S/C18H20BrN3O5/c1-21(9-10-27-14-5-3-13(19)4-6-14)12-18(23)20-16-8-7-15(26-2)11-17(16)22(24)25/h3-8,11H,9-10,12H2,1-2H3,(H,20,23). The Morgan fingerprint density at radius 2 is 1.89 bits per heavy atom. The molecule has 2 aromatic carbocycles. The molecule has 0 aliphatic rings. The first-order valence-electron chi connectivity index (χ1n) is 8.08. The van der Waals surface area contributed by atoms with Crippen LogP contribution >= 0.6 is 15.9 Å². The maximum absolute atomic E-state index is 12.2. The number of likely N-dealkylation sites (N-methyl/N-ethyl adjacent to an activating group) is 1. The van der Waals surface area contributed by atoms with E-state index in [0.717, 1.165) is 10.2 Å². The fourth-order valence-electron chi connectivity index (χ4n) is 2.26. The quantitative estimate of drug-likeness (QED) is 0.477. The number of rotatable bonds is 9. The zero-order chi connectivity index (χ0) is 19.8. The van der Waals surface area contributed by atoms with Crippen LogP contribution in [0.5, 0.6) is 11.5 Å². The average Bonchev–Trinajstić information content (AvgIpc) is 2.63. The smallest absolute Gasteiger partial charge is 0.296 e. The summed E-state index contributed by atoms with van der Waals surface area (Å²) in [6, 6.07) is 11.7. The minimum Gasteiger partial charge on any atom is -0.496 e. The number of nitro groups is 1. The van der Waals surface area contributed by atoms with E-state index in [-0.39, 0.29) is 23.8 Å². The molecule has 0 aliphatic carbocycles. The van der Waals surface area contributed by atoms with Crippen LogP contribution in [-0.4, -0.2) is 49.6 Å². The third-order valence-corrected chi connectivity index (χ3v) is 4.17. The fraction of sp³-hybridized carbons (Fsp3) is 0.278. The van der Waals surface area contributed by atoms with Crippen LogP contribution in [-0.2, 0) is 4.79 Å². The summed E-state index contributed by atoms with van der Waals surface area (Å²) in [5.74, 6) is 0.737. The van der Waals surface area contributed by atoms with E-state index in [1.54, 1.807) is 18.0 Å². The lowest BCUT2D eigenvalue weighted by Crippen LogP contribution is -2.33. The van der Waals surface area contributed by atoms with Gasteiger partial charge < -0.3 is 14.8 Å². The highest BCUT2D eigenvalue weighted by Crippen LogP contribution is 2.28. The number of halogens is 1. The van der Waals surface area contributed by atoms with Crippen LogP contribution in [0.1, 0.15) is 0 Å². The van der Waals surface area contributed by atoms with Crippen molar-refractivity contribution in [1.82, 2.24) is 4.90 Å². The number of benzene rings is 2. The second-order valence-corrected chi connectivity index (χ2v) is 6.64. The summed E-state index contributed by atoms with van der Waals surface area (Å²) in [6.45, 7) is 1.01. The van der Waals surface area contributed by atoms with Crippen molar-refractivity contribution in [3.05, 3.63) is 57.1 Å². The number of carbonyl (C=O) groups excluding carboxylic acids is 1. The summed E-state index contributed by atoms with van der Waals surface area (Å²) >= 11 is 3.36. The summed E-state index contributed by atoms with van der Waals surface area (Å²) in [5, 5.41) is 13.7. The van der Waals surface area contributed by atoms with Crippen LogP contribution in [0.4, 0.5) is 11.4 Å². The molecule has 2 rings (SSSR count). The van der Waals surface area contributed by atoms with Gasteiger partial charge in [-0.2, -0.15) is 0 Å². The lowest BCUT2D eigenvalue weighted by Gasteiger charge is -2.16. The molecule has 0 bridgehead atoms. The minimum absolute atomic E-state index is 0.0763. The Morgan fingerprint density at radius 1 is 1.22 bits per heavy atom. The highest BCUT2D eigenvalue weighted by atomic mass is 79.9. The van der Waals surface area contributed by atoms with Gasteiger partial charge in [-0.05, 0) is 43.4 Å². The van der Waals surface area contributed by atoms with Gasteiger partial charge in [-0.3, -0.25) is 19.8 Å². The van der Waals surface area contributed by atoms with E-state index in [0.29, 0.717) is 18.9 Å². The molecule has 1 amide bonds. The van der Waals surface area contributed by atoms with Crippen LogP contribution < -0.4 is 14.8 Å². The number of amides is 1. The van der Waals surface area contributed by atoms with E-state index in [4.69, 9.17) is 9.47 Å². The predicted octanol–water partition coefficient (Wildman–Crippen LogP) is 3.32. The maximum atomic E-state index is 12.2. The summed E-state index contributed by atoms with van der Waals surface area (Å²) in [4.78, 5) is 24.5. The molecular weight excluding hydrogens is 418 g/mol. The van der Waals surface area contributed by atoms with E-state index in [1.807, 2.05) is 24.3 Å². The van der Waals surface area contributed by atoms with Crippen molar-refractivity contribution < 1.29 is 19.2 Å². The van der Waals surface area contributed by atoms with Crippen LogP contribution in [0.15, 0.2) is 46.9 Å². The monoisotopic (exact) mass is 437 g/mol. The largest absolute Gasteiger partial charge is 0.496 e. The molecule has 0 saturated heterocycles. The van der Waals surface area contributed by atoms with Gasteiger partial charge in [0.15, 0.2) is 0 Å². The molecule has 144 valence electrons. The van der Waals surface area contributed by atoms with E-state index < -0.39 is 4.92 Å². The van der Waals surface area contributed by atoms with E-state index in [1.165, 1.54) is 19.2 Å². The average molecular weight is 438 g/mol. The summed E-state index contributed by atoms with van der Waals surface area (Å²) < 4.78 is 11.6. The Kier molecular flexibility index (Phi) is 7.56. The van der Waals surface area contributed by atoms with Crippen molar-refractivity contribution >= 4 is 33.2 Å². The number of nitro benzene ring substituents is 1. The Bertz CT molecular complexity index is 798. The van der Waals surface area contributed by atoms with Gasteiger partial charge in [-0.25, -0.2) is 0 Å². The molecule has 0 saturated carbocycles. The minimum atomic E-state index is -0.562. The summed E-state index contributed by atoms with van der Waals surface area (Å²) in [5.41, 5.74) is -0.0887. The molecule has 0 fully saturated rings. The lowest BCUT2D eigenvalue weighted by atomic mass is 10.2. The Hall–Kier alpha value is -2.65. The van der Waals surface area contributed by atoms with Crippen LogP contribution in [0, 0.1) is 10.1 Å². The lowest BCUT2D eigenvalue weighted by molar-refractivity contribution is -0.384. The van der Waals surface area contributed by atoms with Gasteiger partial charge in [-0.15, -0.1) is 0 Å². The normalized spacial score (nSPS) is 10.5. The first kappa shape index (κ1) is 20.7. The molecule has 2 aromatic rings.